The zero-order chi connectivity index (χ0) is 18.2. The fourth-order valence-corrected chi connectivity index (χ4v) is 2.61. The van der Waals surface area contributed by atoms with Gasteiger partial charge in [0.1, 0.15) is 12.3 Å². The van der Waals surface area contributed by atoms with Crippen molar-refractivity contribution in [2.45, 2.75) is 20.3 Å². The fraction of sp³-hybridized carbons (Fsp3) is 0.263. The summed E-state index contributed by atoms with van der Waals surface area (Å²) in [6.07, 6.45) is 3.78. The number of halogens is 1. The molecular weight excluding hydrogens is 384 g/mol. The number of carbonyl (C=O) groups is 2. The molecule has 5 nitrogen and oxygen atoms in total. The van der Waals surface area contributed by atoms with E-state index in [9.17, 15) is 9.59 Å². The van der Waals surface area contributed by atoms with Gasteiger partial charge < -0.3 is 14.6 Å². The highest BCUT2D eigenvalue weighted by molar-refractivity contribution is 9.10. The molecule has 1 aromatic carbocycles. The number of carbonyl (C=O) groups excluding carboxylic acids is 2. The van der Waals surface area contributed by atoms with Gasteiger partial charge in [-0.1, -0.05) is 25.1 Å². The Labute approximate surface area is 155 Å². The first-order valence-electron chi connectivity index (χ1n) is 8.07. The second kappa shape index (κ2) is 9.22. The highest BCUT2D eigenvalue weighted by Crippen LogP contribution is 2.15. The van der Waals surface area contributed by atoms with Gasteiger partial charge in [-0.2, -0.15) is 0 Å². The molecule has 0 saturated carbocycles. The van der Waals surface area contributed by atoms with Gasteiger partial charge in [-0.3, -0.25) is 9.59 Å². The molecule has 1 N–H and O–H groups in total. The third kappa shape index (κ3) is 5.90. The molecule has 1 aromatic heterocycles. The van der Waals surface area contributed by atoms with Crippen molar-refractivity contribution in [2.75, 3.05) is 18.4 Å². The van der Waals surface area contributed by atoms with Crippen LogP contribution in [0.15, 0.2) is 51.6 Å². The van der Waals surface area contributed by atoms with E-state index in [0.717, 1.165) is 17.7 Å². The van der Waals surface area contributed by atoms with Crippen molar-refractivity contribution in [3.8, 4) is 0 Å². The molecule has 0 saturated heterocycles. The van der Waals surface area contributed by atoms with Gasteiger partial charge >= 0.3 is 0 Å². The van der Waals surface area contributed by atoms with Crippen molar-refractivity contribution >= 4 is 39.5 Å². The molecule has 0 aliphatic heterocycles. The lowest BCUT2D eigenvalue weighted by Gasteiger charge is -2.20. The van der Waals surface area contributed by atoms with E-state index >= 15 is 0 Å². The average Bonchev–Trinajstić information content (AvgIpc) is 3.00. The van der Waals surface area contributed by atoms with Crippen LogP contribution in [0.2, 0.25) is 0 Å². The van der Waals surface area contributed by atoms with Gasteiger partial charge in [-0.05, 0) is 59.1 Å². The molecule has 0 fully saturated rings. The van der Waals surface area contributed by atoms with Crippen molar-refractivity contribution in [1.82, 2.24) is 4.90 Å². The summed E-state index contributed by atoms with van der Waals surface area (Å²) in [4.78, 5) is 26.2. The molecule has 6 heteroatoms. The molecule has 0 atom stereocenters. The van der Waals surface area contributed by atoms with E-state index in [2.05, 4.69) is 21.2 Å². The standard InChI is InChI=1S/C19H21BrN2O3/c1-3-12-22(19(24)11-9-15-8-10-17(20)25-15)13-18(23)21-16-7-5-4-6-14(16)2/h4-11H,3,12-13H2,1-2H3,(H,21,23). The Kier molecular flexibility index (Phi) is 7.01. The summed E-state index contributed by atoms with van der Waals surface area (Å²) >= 11 is 3.21. The van der Waals surface area contributed by atoms with E-state index in [1.54, 1.807) is 18.2 Å². The topological polar surface area (TPSA) is 62.6 Å². The van der Waals surface area contributed by atoms with E-state index in [4.69, 9.17) is 4.42 Å². The number of nitrogens with one attached hydrogen (secondary N) is 1. The molecule has 0 bridgehead atoms. The monoisotopic (exact) mass is 404 g/mol. The highest BCUT2D eigenvalue weighted by atomic mass is 79.9. The Bertz CT molecular complexity index is 768. The molecular formula is C19H21BrN2O3. The first kappa shape index (κ1) is 19.0. The molecule has 2 aromatic rings. The van der Waals surface area contributed by atoms with Crippen molar-refractivity contribution in [1.29, 1.82) is 0 Å². The zero-order valence-electron chi connectivity index (χ0n) is 14.3. The van der Waals surface area contributed by atoms with E-state index in [0.29, 0.717) is 17.0 Å². The predicted octanol–water partition coefficient (Wildman–Crippen LogP) is 4.24. The van der Waals surface area contributed by atoms with Gasteiger partial charge in [0, 0.05) is 18.3 Å². The number of benzene rings is 1. The molecule has 1 heterocycles. The third-order valence-electron chi connectivity index (χ3n) is 3.54. The molecule has 132 valence electrons. The minimum atomic E-state index is -0.227. The molecule has 2 rings (SSSR count). The Morgan fingerprint density at radius 3 is 2.64 bits per heavy atom. The highest BCUT2D eigenvalue weighted by Gasteiger charge is 2.15. The summed E-state index contributed by atoms with van der Waals surface area (Å²) in [5.41, 5.74) is 1.74. The molecule has 0 spiro atoms. The number of aryl methyl sites for hydroxylation is 1. The summed E-state index contributed by atoms with van der Waals surface area (Å²) in [5.74, 6) is 0.126. The van der Waals surface area contributed by atoms with Crippen LogP contribution in [0.4, 0.5) is 5.69 Å². The maximum Gasteiger partial charge on any atom is 0.247 e. The first-order valence-corrected chi connectivity index (χ1v) is 8.86. The molecule has 2 amide bonds. The van der Waals surface area contributed by atoms with Crippen LogP contribution in [0.25, 0.3) is 6.08 Å². The predicted molar refractivity (Wildman–Crippen MR) is 102 cm³/mol. The van der Waals surface area contributed by atoms with Crippen molar-refractivity contribution < 1.29 is 14.0 Å². The SMILES string of the molecule is CCCN(CC(=O)Nc1ccccc1C)C(=O)C=Cc1ccc(Br)o1. The smallest absolute Gasteiger partial charge is 0.247 e. The Hall–Kier alpha value is -2.34. The summed E-state index contributed by atoms with van der Waals surface area (Å²) in [7, 11) is 0. The third-order valence-corrected chi connectivity index (χ3v) is 3.97. The normalized spacial score (nSPS) is 10.8. The van der Waals surface area contributed by atoms with Crippen molar-refractivity contribution in [3.63, 3.8) is 0 Å². The number of anilines is 1. The summed E-state index contributed by atoms with van der Waals surface area (Å²) < 4.78 is 5.93. The van der Waals surface area contributed by atoms with Gasteiger partial charge in [-0.25, -0.2) is 0 Å². The number of nitrogens with zero attached hydrogens (tertiary/aromatic N) is 1. The lowest BCUT2D eigenvalue weighted by atomic mass is 10.2. The number of rotatable bonds is 7. The first-order chi connectivity index (χ1) is 12.0. The molecule has 0 aliphatic rings. The van der Waals surface area contributed by atoms with Crippen molar-refractivity contribution in [3.05, 3.63) is 58.5 Å². The summed E-state index contributed by atoms with van der Waals surface area (Å²) in [6.45, 7) is 4.40. The van der Waals surface area contributed by atoms with Gasteiger partial charge in [0.25, 0.3) is 0 Å². The lowest BCUT2D eigenvalue weighted by molar-refractivity contribution is -0.130. The number of amides is 2. The van der Waals surface area contributed by atoms with Crippen LogP contribution in [0.5, 0.6) is 0 Å². The van der Waals surface area contributed by atoms with Gasteiger partial charge in [0.15, 0.2) is 4.67 Å². The maximum atomic E-state index is 12.4. The van der Waals surface area contributed by atoms with Gasteiger partial charge in [0.05, 0.1) is 0 Å². The number of hydrogen-bond donors (Lipinski definition) is 1. The zero-order valence-corrected chi connectivity index (χ0v) is 15.9. The van der Waals surface area contributed by atoms with Gasteiger partial charge in [0.2, 0.25) is 11.8 Å². The Balaban J connectivity index is 1.99. The van der Waals surface area contributed by atoms with Crippen LogP contribution in [0, 0.1) is 6.92 Å². The summed E-state index contributed by atoms with van der Waals surface area (Å²) in [6, 6.07) is 11.0. The van der Waals surface area contributed by atoms with E-state index in [1.807, 2.05) is 38.1 Å². The van der Waals surface area contributed by atoms with Crippen LogP contribution in [0.3, 0.4) is 0 Å². The minimum absolute atomic E-state index is 0.00714. The van der Waals surface area contributed by atoms with Crippen LogP contribution >= 0.6 is 15.9 Å². The second-order valence-electron chi connectivity index (χ2n) is 5.60. The number of furan rings is 1. The second-order valence-corrected chi connectivity index (χ2v) is 6.38. The van der Waals surface area contributed by atoms with Crippen LogP contribution in [0.1, 0.15) is 24.7 Å². The Morgan fingerprint density at radius 2 is 2.00 bits per heavy atom. The Morgan fingerprint density at radius 1 is 1.24 bits per heavy atom. The van der Waals surface area contributed by atoms with E-state index in [-0.39, 0.29) is 18.4 Å². The van der Waals surface area contributed by atoms with Crippen molar-refractivity contribution in [2.24, 2.45) is 0 Å². The molecule has 0 unspecified atom stereocenters. The quantitative estimate of drug-likeness (QED) is 0.701. The maximum absolute atomic E-state index is 12.4. The minimum Gasteiger partial charge on any atom is -0.450 e. The average molecular weight is 405 g/mol. The molecule has 25 heavy (non-hydrogen) atoms. The summed E-state index contributed by atoms with van der Waals surface area (Å²) in [5, 5.41) is 2.85. The largest absolute Gasteiger partial charge is 0.450 e. The number of hydrogen-bond acceptors (Lipinski definition) is 3. The lowest BCUT2D eigenvalue weighted by Crippen LogP contribution is -2.37. The fourth-order valence-electron chi connectivity index (χ4n) is 2.29. The molecule has 0 aliphatic carbocycles. The number of para-hydroxylation sites is 1. The van der Waals surface area contributed by atoms with Crippen LogP contribution in [-0.2, 0) is 9.59 Å². The van der Waals surface area contributed by atoms with Crippen LogP contribution < -0.4 is 5.32 Å². The van der Waals surface area contributed by atoms with Gasteiger partial charge in [-0.15, -0.1) is 0 Å². The molecule has 0 radical (unpaired) electrons. The van der Waals surface area contributed by atoms with E-state index in [1.165, 1.54) is 11.0 Å². The van der Waals surface area contributed by atoms with E-state index < -0.39 is 0 Å². The van der Waals surface area contributed by atoms with Crippen LogP contribution in [-0.4, -0.2) is 29.8 Å².